The monoisotopic (exact) mass is 323 g/mol. The van der Waals surface area contributed by atoms with Crippen molar-refractivity contribution in [3.05, 3.63) is 83.9 Å². The van der Waals surface area contributed by atoms with Crippen molar-refractivity contribution in [1.29, 1.82) is 5.26 Å². The molecule has 0 unspecified atom stereocenters. The van der Waals surface area contributed by atoms with Gasteiger partial charge in [-0.1, -0.05) is 48.5 Å². The van der Waals surface area contributed by atoms with Gasteiger partial charge >= 0.3 is 6.18 Å². The highest BCUT2D eigenvalue weighted by molar-refractivity contribution is 5.71. The van der Waals surface area contributed by atoms with Crippen LogP contribution in [0.2, 0.25) is 0 Å². The highest BCUT2D eigenvalue weighted by Crippen LogP contribution is 2.32. The highest BCUT2D eigenvalue weighted by atomic mass is 19.4. The van der Waals surface area contributed by atoms with Crippen molar-refractivity contribution in [2.24, 2.45) is 0 Å². The molecule has 3 rings (SSSR count). The summed E-state index contributed by atoms with van der Waals surface area (Å²) in [6.07, 6.45) is -4.35. The van der Waals surface area contributed by atoms with Gasteiger partial charge in [-0.15, -0.1) is 0 Å². The Hall–Kier alpha value is -3.06. The molecule has 0 N–H and O–H groups in total. The molecule has 118 valence electrons. The number of halogens is 3. The van der Waals surface area contributed by atoms with Crippen molar-refractivity contribution in [2.45, 2.75) is 6.18 Å². The lowest BCUT2D eigenvalue weighted by Gasteiger charge is -2.09. The molecule has 0 amide bonds. The summed E-state index contributed by atoms with van der Waals surface area (Å²) in [6, 6.07) is 21.8. The van der Waals surface area contributed by atoms with Gasteiger partial charge in [0.15, 0.2) is 0 Å². The van der Waals surface area contributed by atoms with E-state index in [1.54, 1.807) is 30.3 Å². The molecule has 0 saturated carbocycles. The van der Waals surface area contributed by atoms with E-state index in [1.807, 2.05) is 24.3 Å². The van der Waals surface area contributed by atoms with Crippen molar-refractivity contribution >= 4 is 0 Å². The minimum Gasteiger partial charge on any atom is -0.192 e. The molecule has 0 saturated heterocycles. The zero-order chi connectivity index (χ0) is 17.2. The third-order valence-electron chi connectivity index (χ3n) is 3.76. The summed E-state index contributed by atoms with van der Waals surface area (Å²) in [4.78, 5) is 0. The largest absolute Gasteiger partial charge is 0.416 e. The smallest absolute Gasteiger partial charge is 0.192 e. The van der Waals surface area contributed by atoms with Crippen LogP contribution >= 0.6 is 0 Å². The van der Waals surface area contributed by atoms with Gasteiger partial charge in [0.05, 0.1) is 17.2 Å². The predicted molar refractivity (Wildman–Crippen MR) is 87.0 cm³/mol. The summed E-state index contributed by atoms with van der Waals surface area (Å²) >= 11 is 0. The molecule has 0 aliphatic carbocycles. The van der Waals surface area contributed by atoms with Gasteiger partial charge in [0.1, 0.15) is 0 Å². The maximum absolute atomic E-state index is 12.8. The molecule has 0 bridgehead atoms. The molecule has 0 fully saturated rings. The SMILES string of the molecule is N#Cc1ccc(-c2ccc(-c3cccc(C(F)(F)F)c3)cc2)cc1. The van der Waals surface area contributed by atoms with Crippen molar-refractivity contribution in [2.75, 3.05) is 0 Å². The minimum absolute atomic E-state index is 0.524. The second kappa shape index (κ2) is 6.21. The Morgan fingerprint density at radius 3 is 1.67 bits per heavy atom. The molecule has 0 radical (unpaired) electrons. The Morgan fingerprint density at radius 2 is 1.17 bits per heavy atom. The first kappa shape index (κ1) is 15.8. The van der Waals surface area contributed by atoms with Crippen molar-refractivity contribution in [1.82, 2.24) is 0 Å². The first-order valence-corrected chi connectivity index (χ1v) is 7.25. The predicted octanol–water partition coefficient (Wildman–Crippen LogP) is 5.91. The van der Waals surface area contributed by atoms with Crippen LogP contribution in [0.3, 0.4) is 0 Å². The summed E-state index contributed by atoms with van der Waals surface area (Å²) in [6.45, 7) is 0. The average Bonchev–Trinajstić information content (AvgIpc) is 2.61. The molecular formula is C20H12F3N. The van der Waals surface area contributed by atoms with E-state index in [-0.39, 0.29) is 0 Å². The van der Waals surface area contributed by atoms with Crippen LogP contribution in [-0.4, -0.2) is 0 Å². The van der Waals surface area contributed by atoms with Gasteiger partial charge in [-0.2, -0.15) is 18.4 Å². The Kier molecular flexibility index (Phi) is 4.09. The van der Waals surface area contributed by atoms with E-state index in [2.05, 4.69) is 6.07 Å². The third-order valence-corrected chi connectivity index (χ3v) is 3.76. The molecule has 4 heteroatoms. The van der Waals surface area contributed by atoms with E-state index < -0.39 is 11.7 Å². The molecule has 0 aliphatic heterocycles. The van der Waals surface area contributed by atoms with Gasteiger partial charge in [-0.05, 0) is 46.5 Å². The van der Waals surface area contributed by atoms with Crippen molar-refractivity contribution in [3.63, 3.8) is 0 Å². The summed E-state index contributed by atoms with van der Waals surface area (Å²) < 4.78 is 38.4. The zero-order valence-corrected chi connectivity index (χ0v) is 12.5. The van der Waals surface area contributed by atoms with Crippen molar-refractivity contribution < 1.29 is 13.2 Å². The summed E-state index contributed by atoms with van der Waals surface area (Å²) in [7, 11) is 0. The van der Waals surface area contributed by atoms with Crippen molar-refractivity contribution in [3.8, 4) is 28.3 Å². The van der Waals surface area contributed by atoms with E-state index >= 15 is 0 Å². The fraction of sp³-hybridized carbons (Fsp3) is 0.0500. The highest BCUT2D eigenvalue weighted by Gasteiger charge is 2.30. The Bertz CT molecular complexity index is 886. The lowest BCUT2D eigenvalue weighted by atomic mass is 9.98. The molecule has 0 aromatic heterocycles. The van der Waals surface area contributed by atoms with Gasteiger partial charge in [0.25, 0.3) is 0 Å². The van der Waals surface area contributed by atoms with Crippen LogP contribution in [0.5, 0.6) is 0 Å². The van der Waals surface area contributed by atoms with Crippen LogP contribution < -0.4 is 0 Å². The van der Waals surface area contributed by atoms with Crippen LogP contribution in [-0.2, 0) is 6.18 Å². The molecule has 0 atom stereocenters. The van der Waals surface area contributed by atoms with Crippen LogP contribution in [0, 0.1) is 11.3 Å². The number of nitriles is 1. The van der Waals surface area contributed by atoms with Gasteiger partial charge < -0.3 is 0 Å². The number of benzene rings is 3. The van der Waals surface area contributed by atoms with Gasteiger partial charge in [-0.25, -0.2) is 0 Å². The van der Waals surface area contributed by atoms with Crippen LogP contribution in [0.1, 0.15) is 11.1 Å². The second-order valence-corrected chi connectivity index (χ2v) is 5.35. The molecule has 1 nitrogen and oxygen atoms in total. The maximum Gasteiger partial charge on any atom is 0.416 e. The van der Waals surface area contributed by atoms with E-state index in [9.17, 15) is 13.2 Å². The van der Waals surface area contributed by atoms with E-state index in [4.69, 9.17) is 5.26 Å². The Morgan fingerprint density at radius 1 is 0.667 bits per heavy atom. The number of rotatable bonds is 2. The number of alkyl halides is 3. The quantitative estimate of drug-likeness (QED) is 0.575. The summed E-state index contributed by atoms with van der Waals surface area (Å²) in [5, 5.41) is 8.81. The molecular weight excluding hydrogens is 311 g/mol. The van der Waals surface area contributed by atoms with Gasteiger partial charge in [0.2, 0.25) is 0 Å². The Labute approximate surface area is 137 Å². The number of hydrogen-bond acceptors (Lipinski definition) is 1. The topological polar surface area (TPSA) is 23.8 Å². The van der Waals surface area contributed by atoms with E-state index in [0.717, 1.165) is 28.8 Å². The Balaban J connectivity index is 1.91. The molecule has 0 heterocycles. The fourth-order valence-corrected chi connectivity index (χ4v) is 2.47. The summed E-state index contributed by atoms with van der Waals surface area (Å²) in [5.74, 6) is 0. The summed E-state index contributed by atoms with van der Waals surface area (Å²) in [5.41, 5.74) is 3.06. The maximum atomic E-state index is 12.8. The molecule has 24 heavy (non-hydrogen) atoms. The van der Waals surface area contributed by atoms with Gasteiger partial charge in [0, 0.05) is 0 Å². The lowest BCUT2D eigenvalue weighted by Crippen LogP contribution is -2.04. The van der Waals surface area contributed by atoms with E-state index in [0.29, 0.717) is 11.1 Å². The molecule has 0 spiro atoms. The molecule has 3 aromatic rings. The minimum atomic E-state index is -4.35. The molecule has 3 aromatic carbocycles. The number of nitrogens with zero attached hydrogens (tertiary/aromatic N) is 1. The van der Waals surface area contributed by atoms with Gasteiger partial charge in [-0.3, -0.25) is 0 Å². The zero-order valence-electron chi connectivity index (χ0n) is 12.5. The number of hydrogen-bond donors (Lipinski definition) is 0. The van der Waals surface area contributed by atoms with Crippen LogP contribution in [0.25, 0.3) is 22.3 Å². The first-order valence-electron chi connectivity index (χ1n) is 7.25. The fourth-order valence-electron chi connectivity index (χ4n) is 2.47. The van der Waals surface area contributed by atoms with Crippen LogP contribution in [0.15, 0.2) is 72.8 Å². The van der Waals surface area contributed by atoms with Crippen LogP contribution in [0.4, 0.5) is 13.2 Å². The lowest BCUT2D eigenvalue weighted by molar-refractivity contribution is -0.137. The first-order chi connectivity index (χ1) is 11.5. The normalized spacial score (nSPS) is 11.1. The standard InChI is InChI=1S/C20H12F3N/c21-20(22,23)19-3-1-2-18(12-19)17-10-8-16(9-11-17)15-6-4-14(13-24)5-7-15/h1-12H. The van der Waals surface area contributed by atoms with E-state index in [1.165, 1.54) is 6.07 Å². The third kappa shape index (κ3) is 3.31. The average molecular weight is 323 g/mol. The molecule has 0 aliphatic rings. The second-order valence-electron chi connectivity index (χ2n) is 5.35.